The molecule has 0 heterocycles. The highest BCUT2D eigenvalue weighted by atomic mass is 19.1. The summed E-state index contributed by atoms with van der Waals surface area (Å²) in [4.78, 5) is 10.5. The molecule has 0 fully saturated rings. The zero-order valence-corrected chi connectivity index (χ0v) is 8.90. The summed E-state index contributed by atoms with van der Waals surface area (Å²) in [6, 6.07) is 5.21. The quantitative estimate of drug-likeness (QED) is 0.614. The van der Waals surface area contributed by atoms with Crippen molar-refractivity contribution in [2.75, 3.05) is 12.4 Å². The summed E-state index contributed by atoms with van der Waals surface area (Å²) in [6.07, 6.45) is 0.972. The fraction of sp³-hybridized carbons (Fsp3) is 0.0909. The highest BCUT2D eigenvalue weighted by molar-refractivity contribution is 5.91. The summed E-state index contributed by atoms with van der Waals surface area (Å²) in [5.74, 6) is -1.53. The summed E-state index contributed by atoms with van der Waals surface area (Å²) in [7, 11) is 1.39. The molecule has 0 bridgehead atoms. The van der Waals surface area contributed by atoms with Gasteiger partial charge in [0.1, 0.15) is 17.6 Å². The molecular weight excluding hydrogens is 227 g/mol. The minimum Gasteiger partial charge on any atom is -0.495 e. The average Bonchev–Trinajstić information content (AvgIpc) is 2.29. The van der Waals surface area contributed by atoms with Gasteiger partial charge in [0.15, 0.2) is 5.57 Å². The summed E-state index contributed by atoms with van der Waals surface area (Å²) in [6.45, 7) is 0. The number of hydrogen-bond donors (Lipinski definition) is 2. The molecule has 0 aliphatic carbocycles. The number of rotatable bonds is 4. The van der Waals surface area contributed by atoms with Gasteiger partial charge in [0.05, 0.1) is 12.8 Å². The fourth-order valence-electron chi connectivity index (χ4n) is 1.08. The normalized spacial score (nSPS) is 10.5. The van der Waals surface area contributed by atoms with E-state index in [2.05, 4.69) is 5.32 Å². The van der Waals surface area contributed by atoms with Crippen LogP contribution in [0.2, 0.25) is 0 Å². The van der Waals surface area contributed by atoms with Crippen molar-refractivity contribution in [3.8, 4) is 11.8 Å². The number of halogens is 1. The number of carboxylic acids is 1. The Morgan fingerprint density at radius 3 is 2.88 bits per heavy atom. The minimum atomic E-state index is -1.37. The van der Waals surface area contributed by atoms with Gasteiger partial charge >= 0.3 is 5.97 Å². The third-order valence-corrected chi connectivity index (χ3v) is 1.88. The van der Waals surface area contributed by atoms with Crippen LogP contribution in [-0.2, 0) is 4.79 Å². The van der Waals surface area contributed by atoms with E-state index < -0.39 is 17.4 Å². The zero-order chi connectivity index (χ0) is 12.8. The van der Waals surface area contributed by atoms with Crippen LogP contribution in [0.25, 0.3) is 0 Å². The van der Waals surface area contributed by atoms with E-state index in [-0.39, 0.29) is 5.69 Å². The van der Waals surface area contributed by atoms with Crippen molar-refractivity contribution in [3.63, 3.8) is 0 Å². The SMILES string of the molecule is COc1ccc(F)cc1N/C=C(\C#N)C(=O)O. The van der Waals surface area contributed by atoms with Crippen LogP contribution in [0.15, 0.2) is 30.0 Å². The number of aliphatic carboxylic acids is 1. The van der Waals surface area contributed by atoms with Crippen molar-refractivity contribution in [3.05, 3.63) is 35.8 Å². The van der Waals surface area contributed by atoms with Crippen LogP contribution >= 0.6 is 0 Å². The number of benzene rings is 1. The lowest BCUT2D eigenvalue weighted by Gasteiger charge is -2.07. The van der Waals surface area contributed by atoms with Crippen molar-refractivity contribution < 1.29 is 19.0 Å². The van der Waals surface area contributed by atoms with Crippen LogP contribution in [0.4, 0.5) is 10.1 Å². The van der Waals surface area contributed by atoms with Crippen LogP contribution in [-0.4, -0.2) is 18.2 Å². The Labute approximate surface area is 96.7 Å². The number of nitrogens with zero attached hydrogens (tertiary/aromatic N) is 1. The van der Waals surface area contributed by atoms with Gasteiger partial charge in [-0.2, -0.15) is 5.26 Å². The smallest absolute Gasteiger partial charge is 0.347 e. The average molecular weight is 236 g/mol. The first-order chi connectivity index (χ1) is 8.08. The molecule has 0 aliphatic heterocycles. The van der Waals surface area contributed by atoms with Crippen molar-refractivity contribution in [2.45, 2.75) is 0 Å². The topological polar surface area (TPSA) is 82.3 Å². The standard InChI is InChI=1S/C11H9FN2O3/c1-17-10-3-2-8(12)4-9(10)14-6-7(5-13)11(15)16/h2-4,6,14H,1H3,(H,15,16)/b7-6+. The molecule has 6 heteroatoms. The molecule has 0 amide bonds. The number of methoxy groups -OCH3 is 1. The third kappa shape index (κ3) is 3.21. The zero-order valence-electron chi connectivity index (χ0n) is 8.90. The molecule has 1 rings (SSSR count). The summed E-state index contributed by atoms with van der Waals surface area (Å²) < 4.78 is 17.9. The molecule has 1 aromatic carbocycles. The van der Waals surface area contributed by atoms with Crippen LogP contribution in [0.5, 0.6) is 5.75 Å². The second-order valence-corrected chi connectivity index (χ2v) is 2.96. The van der Waals surface area contributed by atoms with Crippen LogP contribution in [0.1, 0.15) is 0 Å². The monoisotopic (exact) mass is 236 g/mol. The molecule has 0 saturated heterocycles. The first-order valence-corrected chi connectivity index (χ1v) is 4.52. The number of anilines is 1. The molecule has 0 aromatic heterocycles. The number of nitrogens with one attached hydrogen (secondary N) is 1. The molecule has 88 valence electrons. The largest absolute Gasteiger partial charge is 0.495 e. The highest BCUT2D eigenvalue weighted by Crippen LogP contribution is 2.24. The van der Waals surface area contributed by atoms with Gasteiger partial charge < -0.3 is 15.2 Å². The molecule has 0 unspecified atom stereocenters. The molecule has 0 saturated carbocycles. The summed E-state index contributed by atoms with van der Waals surface area (Å²) in [5.41, 5.74) is -0.252. The van der Waals surface area contributed by atoms with E-state index in [0.717, 1.165) is 12.3 Å². The number of nitriles is 1. The number of ether oxygens (including phenoxy) is 1. The van der Waals surface area contributed by atoms with E-state index in [4.69, 9.17) is 15.1 Å². The Hall–Kier alpha value is -2.55. The molecule has 17 heavy (non-hydrogen) atoms. The van der Waals surface area contributed by atoms with Gasteiger partial charge in [0, 0.05) is 12.3 Å². The van der Waals surface area contributed by atoms with E-state index in [9.17, 15) is 9.18 Å². The lowest BCUT2D eigenvalue weighted by molar-refractivity contribution is -0.132. The number of hydrogen-bond acceptors (Lipinski definition) is 4. The molecule has 0 radical (unpaired) electrons. The van der Waals surface area contributed by atoms with Gasteiger partial charge in [0.2, 0.25) is 0 Å². The Kier molecular flexibility index (Phi) is 4.06. The third-order valence-electron chi connectivity index (χ3n) is 1.88. The maximum atomic E-state index is 13.0. The van der Waals surface area contributed by atoms with Crippen LogP contribution in [0.3, 0.4) is 0 Å². The van der Waals surface area contributed by atoms with Gasteiger partial charge in [-0.25, -0.2) is 9.18 Å². The minimum absolute atomic E-state index is 0.238. The van der Waals surface area contributed by atoms with E-state index in [1.807, 2.05) is 0 Å². The van der Waals surface area contributed by atoms with Gasteiger partial charge in [-0.15, -0.1) is 0 Å². The maximum absolute atomic E-state index is 13.0. The van der Waals surface area contributed by atoms with Crippen LogP contribution in [0, 0.1) is 17.1 Å². The maximum Gasteiger partial charge on any atom is 0.347 e. The summed E-state index contributed by atoms with van der Waals surface area (Å²) in [5, 5.41) is 19.6. The highest BCUT2D eigenvalue weighted by Gasteiger charge is 2.07. The number of carboxylic acid groups (broad SMARTS) is 1. The molecule has 5 nitrogen and oxygen atoms in total. The predicted molar refractivity (Wildman–Crippen MR) is 57.9 cm³/mol. The van der Waals surface area contributed by atoms with Crippen LogP contribution < -0.4 is 10.1 Å². The van der Waals surface area contributed by atoms with Crippen molar-refractivity contribution in [2.24, 2.45) is 0 Å². The van der Waals surface area contributed by atoms with E-state index in [1.54, 1.807) is 0 Å². The molecule has 1 aromatic rings. The van der Waals surface area contributed by atoms with Gasteiger partial charge in [-0.05, 0) is 12.1 Å². The Morgan fingerprint density at radius 2 is 2.35 bits per heavy atom. The number of carbonyl (C=O) groups is 1. The van der Waals surface area contributed by atoms with E-state index >= 15 is 0 Å². The van der Waals surface area contributed by atoms with Crippen molar-refractivity contribution in [1.29, 1.82) is 5.26 Å². The first-order valence-electron chi connectivity index (χ1n) is 4.52. The lowest BCUT2D eigenvalue weighted by Crippen LogP contribution is -2.02. The first kappa shape index (κ1) is 12.5. The van der Waals surface area contributed by atoms with E-state index in [0.29, 0.717) is 5.75 Å². The van der Waals surface area contributed by atoms with Crippen molar-refractivity contribution >= 4 is 11.7 Å². The molecule has 0 aliphatic rings. The van der Waals surface area contributed by atoms with Crippen molar-refractivity contribution in [1.82, 2.24) is 0 Å². The molecule has 0 atom stereocenters. The Balaban J connectivity index is 2.99. The van der Waals surface area contributed by atoms with Gasteiger partial charge in [-0.1, -0.05) is 0 Å². The summed E-state index contributed by atoms with van der Waals surface area (Å²) >= 11 is 0. The Morgan fingerprint density at radius 1 is 1.65 bits per heavy atom. The molecule has 0 spiro atoms. The van der Waals surface area contributed by atoms with Gasteiger partial charge in [-0.3, -0.25) is 0 Å². The second kappa shape index (κ2) is 5.51. The van der Waals surface area contributed by atoms with Gasteiger partial charge in [0.25, 0.3) is 0 Å². The lowest BCUT2D eigenvalue weighted by atomic mass is 10.2. The molecular formula is C11H9FN2O3. The fourth-order valence-corrected chi connectivity index (χ4v) is 1.08. The van der Waals surface area contributed by atoms with E-state index in [1.165, 1.54) is 25.3 Å². The predicted octanol–water partition coefficient (Wildman–Crippen LogP) is 1.74. The molecule has 2 N–H and O–H groups in total. The second-order valence-electron chi connectivity index (χ2n) is 2.96. The Bertz CT molecular complexity index is 506.